The van der Waals surface area contributed by atoms with E-state index in [9.17, 15) is 0 Å². The maximum absolute atomic E-state index is 3.52. The van der Waals surface area contributed by atoms with Crippen LogP contribution in [0.15, 0.2) is 30.3 Å². The van der Waals surface area contributed by atoms with E-state index in [2.05, 4.69) is 75.3 Å². The number of hydrogen-bond donors (Lipinski definition) is 1. The lowest BCUT2D eigenvalue weighted by atomic mass is 9.81. The van der Waals surface area contributed by atoms with E-state index in [1.165, 1.54) is 5.56 Å². The van der Waals surface area contributed by atoms with Crippen LogP contribution < -0.4 is 5.32 Å². The predicted octanol–water partition coefficient (Wildman–Crippen LogP) is 3.14. The first-order valence-corrected chi connectivity index (χ1v) is 7.42. The van der Waals surface area contributed by atoms with Crippen LogP contribution >= 0.6 is 0 Å². The number of nitrogens with zero attached hydrogens (tertiary/aromatic N) is 1. The molecule has 2 nitrogen and oxygen atoms in total. The van der Waals surface area contributed by atoms with Crippen LogP contribution in [0.4, 0.5) is 0 Å². The standard InChI is InChI=1S/C17H30N2/c1-6-18-13-17(4,14-19(5)12-15(2)3)16-10-8-7-9-11-16/h7-11,15,18H,6,12-14H2,1-5H3. The van der Waals surface area contributed by atoms with Crippen molar-refractivity contribution in [3.8, 4) is 0 Å². The number of benzene rings is 1. The Hall–Kier alpha value is -0.860. The average Bonchev–Trinajstić information content (AvgIpc) is 2.36. The average molecular weight is 262 g/mol. The Bertz CT molecular complexity index is 348. The van der Waals surface area contributed by atoms with Crippen LogP contribution in [0.3, 0.4) is 0 Å². The summed E-state index contributed by atoms with van der Waals surface area (Å²) in [5.74, 6) is 0.712. The van der Waals surface area contributed by atoms with Crippen LogP contribution in [-0.4, -0.2) is 38.1 Å². The van der Waals surface area contributed by atoms with E-state index in [0.717, 1.165) is 26.2 Å². The van der Waals surface area contributed by atoms with Crippen molar-refractivity contribution in [3.05, 3.63) is 35.9 Å². The van der Waals surface area contributed by atoms with Crippen molar-refractivity contribution < 1.29 is 0 Å². The molecule has 0 amide bonds. The molecule has 1 aromatic rings. The van der Waals surface area contributed by atoms with Gasteiger partial charge in [-0.3, -0.25) is 0 Å². The van der Waals surface area contributed by atoms with Gasteiger partial charge in [-0.25, -0.2) is 0 Å². The zero-order chi connectivity index (χ0) is 14.3. The molecule has 108 valence electrons. The first kappa shape index (κ1) is 16.2. The van der Waals surface area contributed by atoms with Crippen molar-refractivity contribution in [2.24, 2.45) is 5.92 Å². The van der Waals surface area contributed by atoms with Gasteiger partial charge in [0.2, 0.25) is 0 Å². The first-order chi connectivity index (χ1) is 8.98. The molecule has 0 bridgehead atoms. The number of likely N-dealkylation sites (N-methyl/N-ethyl adjacent to an activating group) is 2. The number of rotatable bonds is 8. The smallest absolute Gasteiger partial charge is 0.0176 e. The van der Waals surface area contributed by atoms with E-state index >= 15 is 0 Å². The molecular formula is C17H30N2. The molecule has 2 heteroatoms. The topological polar surface area (TPSA) is 15.3 Å². The van der Waals surface area contributed by atoms with Crippen molar-refractivity contribution in [2.75, 3.05) is 33.2 Å². The molecule has 0 aromatic heterocycles. The van der Waals surface area contributed by atoms with E-state index < -0.39 is 0 Å². The summed E-state index contributed by atoms with van der Waals surface area (Å²) in [5, 5.41) is 3.52. The van der Waals surface area contributed by atoms with E-state index in [0.29, 0.717) is 5.92 Å². The highest BCUT2D eigenvalue weighted by molar-refractivity contribution is 5.25. The highest BCUT2D eigenvalue weighted by Crippen LogP contribution is 2.24. The van der Waals surface area contributed by atoms with Crippen molar-refractivity contribution in [2.45, 2.75) is 33.1 Å². The third-order valence-corrected chi connectivity index (χ3v) is 3.53. The lowest BCUT2D eigenvalue weighted by molar-refractivity contribution is 0.229. The van der Waals surface area contributed by atoms with Gasteiger partial charge in [0.1, 0.15) is 0 Å². The van der Waals surface area contributed by atoms with Crippen LogP contribution in [0.1, 0.15) is 33.3 Å². The molecule has 0 fully saturated rings. The van der Waals surface area contributed by atoms with Crippen LogP contribution in [0, 0.1) is 5.92 Å². The Kier molecular flexibility index (Phi) is 6.53. The van der Waals surface area contributed by atoms with Crippen molar-refractivity contribution >= 4 is 0 Å². The van der Waals surface area contributed by atoms with Gasteiger partial charge in [-0.2, -0.15) is 0 Å². The van der Waals surface area contributed by atoms with E-state index in [1.807, 2.05) is 0 Å². The molecule has 0 spiro atoms. The monoisotopic (exact) mass is 262 g/mol. The minimum Gasteiger partial charge on any atom is -0.316 e. The molecule has 0 aliphatic rings. The summed E-state index contributed by atoms with van der Waals surface area (Å²) in [4.78, 5) is 2.45. The van der Waals surface area contributed by atoms with Crippen molar-refractivity contribution in [1.29, 1.82) is 0 Å². The normalized spacial score (nSPS) is 14.9. The molecule has 0 radical (unpaired) electrons. The SMILES string of the molecule is CCNCC(C)(CN(C)CC(C)C)c1ccccc1. The fraction of sp³-hybridized carbons (Fsp3) is 0.647. The van der Waals surface area contributed by atoms with Crippen LogP contribution in [0.5, 0.6) is 0 Å². The van der Waals surface area contributed by atoms with E-state index in [-0.39, 0.29) is 5.41 Å². The van der Waals surface area contributed by atoms with Crippen LogP contribution in [0.2, 0.25) is 0 Å². The second-order valence-corrected chi connectivity index (χ2v) is 6.30. The second-order valence-electron chi connectivity index (χ2n) is 6.30. The fourth-order valence-electron chi connectivity index (χ4n) is 2.77. The molecule has 0 heterocycles. The molecule has 0 saturated carbocycles. The van der Waals surface area contributed by atoms with Gasteiger partial charge in [0.15, 0.2) is 0 Å². The highest BCUT2D eigenvalue weighted by Gasteiger charge is 2.27. The Morgan fingerprint density at radius 3 is 2.37 bits per heavy atom. The molecule has 1 atom stereocenters. The third-order valence-electron chi connectivity index (χ3n) is 3.53. The first-order valence-electron chi connectivity index (χ1n) is 7.42. The summed E-state index contributed by atoms with van der Waals surface area (Å²) in [7, 11) is 2.23. The Morgan fingerprint density at radius 1 is 1.21 bits per heavy atom. The molecule has 1 aromatic carbocycles. The lowest BCUT2D eigenvalue weighted by Crippen LogP contribution is -2.45. The quantitative estimate of drug-likeness (QED) is 0.774. The zero-order valence-corrected chi connectivity index (χ0v) is 13.2. The molecule has 1 N–H and O–H groups in total. The molecule has 0 aliphatic heterocycles. The molecule has 0 saturated heterocycles. The van der Waals surface area contributed by atoms with Gasteiger partial charge in [0.25, 0.3) is 0 Å². The molecule has 19 heavy (non-hydrogen) atoms. The Morgan fingerprint density at radius 2 is 1.84 bits per heavy atom. The largest absolute Gasteiger partial charge is 0.316 e. The summed E-state index contributed by atoms with van der Waals surface area (Å²) in [6, 6.07) is 10.9. The van der Waals surface area contributed by atoms with Gasteiger partial charge >= 0.3 is 0 Å². The second kappa shape index (κ2) is 7.66. The van der Waals surface area contributed by atoms with Gasteiger partial charge in [-0.1, -0.05) is 58.0 Å². The molecule has 0 aliphatic carbocycles. The van der Waals surface area contributed by atoms with Gasteiger partial charge in [0, 0.05) is 25.0 Å². The zero-order valence-electron chi connectivity index (χ0n) is 13.2. The van der Waals surface area contributed by atoms with Gasteiger partial charge < -0.3 is 10.2 Å². The fourth-order valence-corrected chi connectivity index (χ4v) is 2.77. The Balaban J connectivity index is 2.81. The van der Waals surface area contributed by atoms with Gasteiger partial charge in [-0.15, -0.1) is 0 Å². The number of nitrogens with one attached hydrogen (secondary N) is 1. The minimum atomic E-state index is 0.168. The van der Waals surface area contributed by atoms with Crippen LogP contribution in [-0.2, 0) is 5.41 Å². The van der Waals surface area contributed by atoms with Crippen molar-refractivity contribution in [1.82, 2.24) is 10.2 Å². The summed E-state index contributed by atoms with van der Waals surface area (Å²) < 4.78 is 0. The lowest BCUT2D eigenvalue weighted by Gasteiger charge is -2.35. The summed E-state index contributed by atoms with van der Waals surface area (Å²) in [5.41, 5.74) is 1.59. The molecule has 1 rings (SSSR count). The van der Waals surface area contributed by atoms with Crippen molar-refractivity contribution in [3.63, 3.8) is 0 Å². The maximum Gasteiger partial charge on any atom is 0.0176 e. The van der Waals surface area contributed by atoms with E-state index in [1.54, 1.807) is 0 Å². The maximum atomic E-state index is 3.52. The predicted molar refractivity (Wildman–Crippen MR) is 84.7 cm³/mol. The van der Waals surface area contributed by atoms with Crippen LogP contribution in [0.25, 0.3) is 0 Å². The summed E-state index contributed by atoms with van der Waals surface area (Å²) in [6.45, 7) is 13.4. The Labute approximate surface area is 119 Å². The molecule has 1 unspecified atom stereocenters. The van der Waals surface area contributed by atoms with E-state index in [4.69, 9.17) is 0 Å². The van der Waals surface area contributed by atoms with Gasteiger partial charge in [0.05, 0.1) is 0 Å². The summed E-state index contributed by atoms with van der Waals surface area (Å²) in [6.07, 6.45) is 0. The van der Waals surface area contributed by atoms with Gasteiger partial charge in [-0.05, 0) is 25.1 Å². The minimum absolute atomic E-state index is 0.168. The summed E-state index contributed by atoms with van der Waals surface area (Å²) >= 11 is 0. The molecular weight excluding hydrogens is 232 g/mol. The number of hydrogen-bond acceptors (Lipinski definition) is 2. The third kappa shape index (κ3) is 5.33. The highest BCUT2D eigenvalue weighted by atomic mass is 15.1.